The Morgan fingerprint density at radius 3 is 2.03 bits per heavy atom. The van der Waals surface area contributed by atoms with E-state index < -0.39 is 28.5 Å². The minimum absolute atomic E-state index is 0.169. The molecule has 0 saturated heterocycles. The highest BCUT2D eigenvalue weighted by Gasteiger charge is 2.32. The SMILES string of the molecule is CCCNC(=O)C(Cc1ccccc1)N(Cc1ccc(C)cc1)C(=O)CN(c1ccc(CC)cc1)S(C)(=O)=O. The number of carbonyl (C=O) groups excluding carboxylic acids is 2. The fraction of sp³-hybridized carbons (Fsp3) is 0.355. The number of hydrogen-bond donors (Lipinski definition) is 1. The summed E-state index contributed by atoms with van der Waals surface area (Å²) in [4.78, 5) is 29.0. The van der Waals surface area contributed by atoms with Crippen LogP contribution < -0.4 is 9.62 Å². The van der Waals surface area contributed by atoms with Gasteiger partial charge in [0.25, 0.3) is 0 Å². The molecule has 39 heavy (non-hydrogen) atoms. The number of hydrogen-bond acceptors (Lipinski definition) is 4. The lowest BCUT2D eigenvalue weighted by Crippen LogP contribution is -2.53. The summed E-state index contributed by atoms with van der Waals surface area (Å²) < 4.78 is 26.8. The Bertz CT molecular complexity index is 1320. The van der Waals surface area contributed by atoms with Gasteiger partial charge >= 0.3 is 0 Å². The van der Waals surface area contributed by atoms with Gasteiger partial charge in [-0.05, 0) is 48.6 Å². The summed E-state index contributed by atoms with van der Waals surface area (Å²) in [6.07, 6.45) is 2.97. The first-order valence-electron chi connectivity index (χ1n) is 13.4. The molecule has 3 aromatic carbocycles. The molecule has 0 heterocycles. The molecule has 0 radical (unpaired) electrons. The monoisotopic (exact) mass is 549 g/mol. The maximum absolute atomic E-state index is 14.0. The number of sulfonamides is 1. The van der Waals surface area contributed by atoms with Gasteiger partial charge in [0.2, 0.25) is 21.8 Å². The molecule has 1 atom stereocenters. The molecule has 0 fully saturated rings. The minimum Gasteiger partial charge on any atom is -0.354 e. The Morgan fingerprint density at radius 2 is 1.46 bits per heavy atom. The van der Waals surface area contributed by atoms with Gasteiger partial charge in [0.05, 0.1) is 11.9 Å². The first-order chi connectivity index (χ1) is 18.6. The highest BCUT2D eigenvalue weighted by atomic mass is 32.2. The van der Waals surface area contributed by atoms with Crippen LogP contribution >= 0.6 is 0 Å². The van der Waals surface area contributed by atoms with Gasteiger partial charge in [-0.3, -0.25) is 13.9 Å². The molecule has 0 aliphatic heterocycles. The lowest BCUT2D eigenvalue weighted by molar-refractivity contribution is -0.140. The predicted octanol–water partition coefficient (Wildman–Crippen LogP) is 4.49. The van der Waals surface area contributed by atoms with Crippen LogP contribution in [0.25, 0.3) is 0 Å². The Labute approximate surface area is 232 Å². The second-order valence-electron chi connectivity index (χ2n) is 9.79. The van der Waals surface area contributed by atoms with Gasteiger partial charge in [0, 0.05) is 19.5 Å². The first-order valence-corrected chi connectivity index (χ1v) is 15.2. The van der Waals surface area contributed by atoms with Crippen LogP contribution in [0.15, 0.2) is 78.9 Å². The van der Waals surface area contributed by atoms with Crippen molar-refractivity contribution in [2.75, 3.05) is 23.7 Å². The molecule has 0 saturated carbocycles. The summed E-state index contributed by atoms with van der Waals surface area (Å²) in [7, 11) is -3.78. The fourth-order valence-electron chi connectivity index (χ4n) is 4.32. The Balaban J connectivity index is 2.02. The predicted molar refractivity (Wildman–Crippen MR) is 157 cm³/mol. The van der Waals surface area contributed by atoms with Crippen LogP contribution in [0, 0.1) is 6.92 Å². The molecular formula is C31H39N3O4S. The van der Waals surface area contributed by atoms with Crippen molar-refractivity contribution >= 4 is 27.5 Å². The van der Waals surface area contributed by atoms with Crippen LogP contribution in [0.3, 0.4) is 0 Å². The van der Waals surface area contributed by atoms with Gasteiger partial charge in [-0.1, -0.05) is 86.1 Å². The molecule has 8 heteroatoms. The van der Waals surface area contributed by atoms with E-state index in [-0.39, 0.29) is 12.5 Å². The zero-order valence-electron chi connectivity index (χ0n) is 23.3. The van der Waals surface area contributed by atoms with Crippen LogP contribution in [-0.4, -0.2) is 50.5 Å². The van der Waals surface area contributed by atoms with Gasteiger partial charge < -0.3 is 10.2 Å². The van der Waals surface area contributed by atoms with Gasteiger partial charge in [-0.2, -0.15) is 0 Å². The number of rotatable bonds is 13. The van der Waals surface area contributed by atoms with E-state index in [0.29, 0.717) is 18.7 Å². The van der Waals surface area contributed by atoms with Crippen LogP contribution in [-0.2, 0) is 39.0 Å². The van der Waals surface area contributed by atoms with Crippen molar-refractivity contribution in [3.8, 4) is 0 Å². The van der Waals surface area contributed by atoms with Crippen molar-refractivity contribution in [3.05, 3.63) is 101 Å². The number of nitrogens with one attached hydrogen (secondary N) is 1. The van der Waals surface area contributed by atoms with E-state index in [2.05, 4.69) is 5.32 Å². The number of carbonyl (C=O) groups is 2. The van der Waals surface area contributed by atoms with Crippen molar-refractivity contribution in [1.82, 2.24) is 10.2 Å². The van der Waals surface area contributed by atoms with Crippen molar-refractivity contribution in [2.24, 2.45) is 0 Å². The van der Waals surface area contributed by atoms with Crippen molar-refractivity contribution < 1.29 is 18.0 Å². The van der Waals surface area contributed by atoms with E-state index >= 15 is 0 Å². The molecule has 7 nitrogen and oxygen atoms in total. The third kappa shape index (κ3) is 8.68. The van der Waals surface area contributed by atoms with Crippen LogP contribution in [0.5, 0.6) is 0 Å². The maximum atomic E-state index is 14.0. The second kappa shape index (κ2) is 13.9. The molecule has 2 amide bonds. The zero-order valence-corrected chi connectivity index (χ0v) is 24.1. The number of aryl methyl sites for hydroxylation is 2. The summed E-state index contributed by atoms with van der Waals surface area (Å²) in [6.45, 7) is 6.21. The van der Waals surface area contributed by atoms with E-state index in [0.717, 1.165) is 45.7 Å². The van der Waals surface area contributed by atoms with Crippen LogP contribution in [0.2, 0.25) is 0 Å². The normalized spacial score (nSPS) is 12.0. The maximum Gasteiger partial charge on any atom is 0.244 e. The van der Waals surface area contributed by atoms with Crippen molar-refractivity contribution in [3.63, 3.8) is 0 Å². The Hall–Kier alpha value is -3.65. The highest BCUT2D eigenvalue weighted by Crippen LogP contribution is 2.21. The first kappa shape index (κ1) is 29.9. The van der Waals surface area contributed by atoms with Crippen molar-refractivity contribution in [2.45, 2.75) is 52.6 Å². The molecule has 0 spiro atoms. The number of benzene rings is 3. The second-order valence-corrected chi connectivity index (χ2v) is 11.7. The standard InChI is InChI=1S/C31H39N3O4S/c1-5-20-32-31(36)29(21-26-10-8-7-9-11-26)33(22-27-14-12-24(3)13-15-27)30(35)23-34(39(4,37)38)28-18-16-25(6-2)17-19-28/h7-19,29H,5-6,20-23H2,1-4H3,(H,32,36). The largest absolute Gasteiger partial charge is 0.354 e. The van der Waals surface area contributed by atoms with Gasteiger partial charge in [-0.25, -0.2) is 8.42 Å². The van der Waals surface area contributed by atoms with Gasteiger partial charge in [-0.15, -0.1) is 0 Å². The molecule has 0 aliphatic carbocycles. The molecule has 1 unspecified atom stereocenters. The van der Waals surface area contributed by atoms with Gasteiger partial charge in [0.15, 0.2) is 0 Å². The van der Waals surface area contributed by atoms with Crippen LogP contribution in [0.1, 0.15) is 42.5 Å². The van der Waals surface area contributed by atoms with Gasteiger partial charge in [0.1, 0.15) is 12.6 Å². The van der Waals surface area contributed by atoms with Crippen molar-refractivity contribution in [1.29, 1.82) is 0 Å². The van der Waals surface area contributed by atoms with E-state index in [9.17, 15) is 18.0 Å². The summed E-state index contributed by atoms with van der Waals surface area (Å²) in [5, 5.41) is 2.95. The topological polar surface area (TPSA) is 86.8 Å². The third-order valence-corrected chi connectivity index (χ3v) is 7.75. The number of amides is 2. The molecule has 3 rings (SSSR count). The smallest absolute Gasteiger partial charge is 0.244 e. The minimum atomic E-state index is -3.78. The zero-order chi connectivity index (χ0) is 28.4. The average molecular weight is 550 g/mol. The average Bonchev–Trinajstić information content (AvgIpc) is 2.93. The fourth-order valence-corrected chi connectivity index (χ4v) is 5.17. The molecular weight excluding hydrogens is 510 g/mol. The highest BCUT2D eigenvalue weighted by molar-refractivity contribution is 7.92. The van der Waals surface area contributed by atoms with Crippen LogP contribution in [0.4, 0.5) is 5.69 Å². The lowest BCUT2D eigenvalue weighted by Gasteiger charge is -2.33. The molecule has 0 aromatic heterocycles. The number of anilines is 1. The quantitative estimate of drug-likeness (QED) is 0.340. The Kier molecular flexibility index (Phi) is 10.7. The Morgan fingerprint density at radius 1 is 0.846 bits per heavy atom. The third-order valence-electron chi connectivity index (χ3n) is 6.61. The molecule has 1 N–H and O–H groups in total. The number of nitrogens with zero attached hydrogens (tertiary/aromatic N) is 2. The summed E-state index contributed by atoms with van der Waals surface area (Å²) in [5.74, 6) is -0.715. The summed E-state index contributed by atoms with van der Waals surface area (Å²) in [6, 6.07) is 23.6. The van der Waals surface area contributed by atoms with E-state index in [4.69, 9.17) is 0 Å². The van der Waals surface area contributed by atoms with E-state index in [1.165, 1.54) is 4.90 Å². The molecule has 3 aromatic rings. The lowest BCUT2D eigenvalue weighted by atomic mass is 10.0. The van der Waals surface area contributed by atoms with E-state index in [1.807, 2.05) is 87.5 Å². The summed E-state index contributed by atoms with van der Waals surface area (Å²) >= 11 is 0. The molecule has 208 valence electrons. The summed E-state index contributed by atoms with van der Waals surface area (Å²) in [5.41, 5.74) is 4.32. The molecule has 0 aliphatic rings. The van der Waals surface area contributed by atoms with E-state index in [1.54, 1.807) is 12.1 Å². The molecule has 0 bridgehead atoms.